The van der Waals surface area contributed by atoms with Gasteiger partial charge in [-0.15, -0.1) is 6.58 Å². The number of ether oxygens (including phenoxy) is 11. The average Bonchev–Trinajstić information content (AvgIpc) is 3.16. The molecule has 316 valence electrons. The van der Waals surface area contributed by atoms with Crippen LogP contribution in [-0.4, -0.2) is 145 Å². The quantitative estimate of drug-likeness (QED) is 0.0356. The number of esters is 1. The third-order valence-electron chi connectivity index (χ3n) is 8.06. The van der Waals surface area contributed by atoms with E-state index in [0.717, 1.165) is 12.8 Å². The maximum absolute atomic E-state index is 11.9. The fourth-order valence-electron chi connectivity index (χ4n) is 5.07. The Kier molecular flexibility index (Phi) is 47.7. The van der Waals surface area contributed by atoms with Crippen LogP contribution >= 0.6 is 0 Å². The van der Waals surface area contributed by atoms with Crippen molar-refractivity contribution in [1.82, 2.24) is 0 Å². The zero-order valence-corrected chi connectivity index (χ0v) is 33.8. The van der Waals surface area contributed by atoms with Gasteiger partial charge in [-0.05, 0) is 6.42 Å². The van der Waals surface area contributed by atoms with Gasteiger partial charge in [0.05, 0.1) is 132 Å². The van der Waals surface area contributed by atoms with Crippen molar-refractivity contribution >= 4 is 5.97 Å². The number of unbranched alkanes of at least 4 members (excludes halogenated alkanes) is 14. The number of carbonyl (C=O) groups is 1. The molecule has 0 spiro atoms. The summed E-state index contributed by atoms with van der Waals surface area (Å²) in [4.78, 5) is 11.9. The highest BCUT2D eigenvalue weighted by atomic mass is 16.6. The van der Waals surface area contributed by atoms with Crippen LogP contribution in [0.15, 0.2) is 12.7 Å². The van der Waals surface area contributed by atoms with Crippen molar-refractivity contribution in [2.45, 2.75) is 110 Å². The first kappa shape index (κ1) is 51.8. The van der Waals surface area contributed by atoms with Crippen LogP contribution in [0.1, 0.15) is 110 Å². The predicted molar refractivity (Wildman–Crippen MR) is 209 cm³/mol. The van der Waals surface area contributed by atoms with Gasteiger partial charge < -0.3 is 52.1 Å². The fourth-order valence-corrected chi connectivity index (χ4v) is 5.07. The molecular formula is C41H80O12. The van der Waals surface area contributed by atoms with Gasteiger partial charge in [-0.3, -0.25) is 4.79 Å². The van der Waals surface area contributed by atoms with Crippen LogP contribution in [0.4, 0.5) is 0 Å². The van der Waals surface area contributed by atoms with Crippen molar-refractivity contribution in [2.24, 2.45) is 0 Å². The van der Waals surface area contributed by atoms with E-state index in [1.54, 1.807) is 6.08 Å². The topological polar surface area (TPSA) is 119 Å². The molecule has 0 saturated heterocycles. The third-order valence-corrected chi connectivity index (χ3v) is 8.06. The molecule has 0 saturated carbocycles. The fraction of sp³-hybridized carbons (Fsp3) is 0.927. The van der Waals surface area contributed by atoms with Crippen molar-refractivity contribution in [3.8, 4) is 0 Å². The van der Waals surface area contributed by atoms with E-state index < -0.39 is 0 Å². The maximum atomic E-state index is 11.9. The summed E-state index contributed by atoms with van der Waals surface area (Å²) < 4.78 is 59.7. The Morgan fingerprint density at radius 1 is 0.358 bits per heavy atom. The van der Waals surface area contributed by atoms with Gasteiger partial charge in [0.15, 0.2) is 0 Å². The molecular weight excluding hydrogens is 684 g/mol. The van der Waals surface area contributed by atoms with Gasteiger partial charge in [0.25, 0.3) is 0 Å². The SMILES string of the molecule is C=CCOCCOCCOCCOCCOCCOCCOCCOCCOCCOCCOC(=O)CCCCCCCCCCCCCCCCC. The van der Waals surface area contributed by atoms with Crippen molar-refractivity contribution in [2.75, 3.05) is 139 Å². The Morgan fingerprint density at radius 2 is 0.604 bits per heavy atom. The minimum absolute atomic E-state index is 0.130. The lowest BCUT2D eigenvalue weighted by atomic mass is 10.0. The minimum atomic E-state index is -0.130. The molecule has 0 rings (SSSR count). The van der Waals surface area contributed by atoms with Crippen LogP contribution in [0, 0.1) is 0 Å². The van der Waals surface area contributed by atoms with Crippen LogP contribution in [0.3, 0.4) is 0 Å². The lowest BCUT2D eigenvalue weighted by Gasteiger charge is -2.09. The molecule has 0 radical (unpaired) electrons. The second-order valence-corrected chi connectivity index (χ2v) is 12.8. The maximum Gasteiger partial charge on any atom is 0.305 e. The van der Waals surface area contributed by atoms with Gasteiger partial charge in [-0.2, -0.15) is 0 Å². The van der Waals surface area contributed by atoms with Gasteiger partial charge >= 0.3 is 5.97 Å². The highest BCUT2D eigenvalue weighted by Gasteiger charge is 2.03. The zero-order chi connectivity index (χ0) is 38.2. The van der Waals surface area contributed by atoms with E-state index in [4.69, 9.17) is 52.1 Å². The molecule has 0 aliphatic carbocycles. The van der Waals surface area contributed by atoms with E-state index >= 15 is 0 Å². The van der Waals surface area contributed by atoms with E-state index in [1.807, 2.05) is 0 Å². The van der Waals surface area contributed by atoms with Gasteiger partial charge in [0.2, 0.25) is 0 Å². The Bertz CT molecular complexity index is 700. The van der Waals surface area contributed by atoms with Crippen LogP contribution < -0.4 is 0 Å². The summed E-state index contributed by atoms with van der Waals surface area (Å²) >= 11 is 0. The summed E-state index contributed by atoms with van der Waals surface area (Å²) in [6.45, 7) is 16.3. The Labute approximate surface area is 323 Å². The lowest BCUT2D eigenvalue weighted by molar-refractivity contribution is -0.145. The van der Waals surface area contributed by atoms with Crippen molar-refractivity contribution in [3.63, 3.8) is 0 Å². The molecule has 12 heteroatoms. The normalized spacial score (nSPS) is 11.4. The molecule has 0 aliphatic heterocycles. The summed E-state index contributed by atoms with van der Waals surface area (Å²) in [6.07, 6.45) is 21.9. The highest BCUT2D eigenvalue weighted by Crippen LogP contribution is 2.13. The van der Waals surface area contributed by atoms with Crippen LogP contribution in [0.2, 0.25) is 0 Å². The molecule has 0 aliphatic rings. The molecule has 0 aromatic heterocycles. The first-order valence-electron chi connectivity index (χ1n) is 20.8. The molecule has 0 amide bonds. The molecule has 0 N–H and O–H groups in total. The number of carbonyl (C=O) groups excluding carboxylic acids is 1. The summed E-state index contributed by atoms with van der Waals surface area (Å²) in [6, 6.07) is 0. The van der Waals surface area contributed by atoms with E-state index in [1.165, 1.54) is 83.5 Å². The van der Waals surface area contributed by atoms with Crippen molar-refractivity contribution < 1.29 is 56.9 Å². The average molecular weight is 765 g/mol. The smallest absolute Gasteiger partial charge is 0.305 e. The molecule has 0 aromatic rings. The van der Waals surface area contributed by atoms with E-state index in [-0.39, 0.29) is 5.97 Å². The summed E-state index contributed by atoms with van der Waals surface area (Å²) in [5.41, 5.74) is 0. The van der Waals surface area contributed by atoms with Crippen LogP contribution in [0.25, 0.3) is 0 Å². The number of hydrogen-bond donors (Lipinski definition) is 0. The van der Waals surface area contributed by atoms with Crippen molar-refractivity contribution in [3.05, 3.63) is 12.7 Å². The standard InChI is InChI=1S/C41H80O12/c1-3-5-6-7-8-9-10-11-12-13-14-15-16-17-18-19-41(42)53-40-39-52-38-37-51-36-35-50-34-33-49-32-31-48-30-29-47-28-27-46-26-25-45-24-23-44-22-21-43-20-4-2/h4H,2-3,5-40H2,1H3. The molecule has 0 unspecified atom stereocenters. The summed E-state index contributed by atoms with van der Waals surface area (Å²) in [5, 5.41) is 0. The van der Waals surface area contributed by atoms with E-state index in [0.29, 0.717) is 145 Å². The Hall–Kier alpha value is -1.19. The molecule has 0 aromatic carbocycles. The van der Waals surface area contributed by atoms with Gasteiger partial charge in [-0.25, -0.2) is 0 Å². The van der Waals surface area contributed by atoms with E-state index in [2.05, 4.69) is 13.5 Å². The lowest BCUT2D eigenvalue weighted by Crippen LogP contribution is -2.15. The van der Waals surface area contributed by atoms with Crippen LogP contribution in [-0.2, 0) is 56.9 Å². The van der Waals surface area contributed by atoms with Crippen molar-refractivity contribution in [1.29, 1.82) is 0 Å². The summed E-state index contributed by atoms with van der Waals surface area (Å²) in [7, 11) is 0. The third kappa shape index (κ3) is 48.8. The molecule has 12 nitrogen and oxygen atoms in total. The largest absolute Gasteiger partial charge is 0.463 e. The second kappa shape index (κ2) is 48.8. The molecule has 0 bridgehead atoms. The second-order valence-electron chi connectivity index (χ2n) is 12.8. The first-order valence-corrected chi connectivity index (χ1v) is 20.8. The monoisotopic (exact) mass is 765 g/mol. The summed E-state index contributed by atoms with van der Waals surface area (Å²) in [5.74, 6) is -0.130. The highest BCUT2D eigenvalue weighted by molar-refractivity contribution is 5.69. The zero-order valence-electron chi connectivity index (χ0n) is 33.8. The first-order chi connectivity index (χ1) is 26.3. The number of hydrogen-bond acceptors (Lipinski definition) is 12. The molecule has 53 heavy (non-hydrogen) atoms. The molecule has 0 atom stereocenters. The predicted octanol–water partition coefficient (Wildman–Crippen LogP) is 7.14. The minimum Gasteiger partial charge on any atom is -0.463 e. The Balaban J connectivity index is 3.13. The van der Waals surface area contributed by atoms with Crippen LogP contribution in [0.5, 0.6) is 0 Å². The van der Waals surface area contributed by atoms with Gasteiger partial charge in [-0.1, -0.05) is 103 Å². The molecule has 0 fully saturated rings. The van der Waals surface area contributed by atoms with Gasteiger partial charge in [0.1, 0.15) is 6.61 Å². The Morgan fingerprint density at radius 3 is 0.887 bits per heavy atom. The van der Waals surface area contributed by atoms with Gasteiger partial charge in [0, 0.05) is 6.42 Å². The molecule has 0 heterocycles. The van der Waals surface area contributed by atoms with E-state index in [9.17, 15) is 4.79 Å². The number of rotatable bonds is 48.